The summed E-state index contributed by atoms with van der Waals surface area (Å²) in [5.41, 5.74) is 3.47. The van der Waals surface area contributed by atoms with Crippen molar-refractivity contribution >= 4 is 11.5 Å². The molecule has 2 aliphatic heterocycles. The average Bonchev–Trinajstić information content (AvgIpc) is 2.55. The summed E-state index contributed by atoms with van der Waals surface area (Å²) in [7, 11) is 0. The van der Waals surface area contributed by atoms with Crippen molar-refractivity contribution in [1.82, 2.24) is 0 Å². The molecule has 0 aromatic heterocycles. The number of nitrogens with zero attached hydrogens (tertiary/aromatic N) is 1. The Labute approximate surface area is 125 Å². The Balaban J connectivity index is 1.63. The maximum atomic E-state index is 12.4. The fourth-order valence-electron chi connectivity index (χ4n) is 3.87. The van der Waals surface area contributed by atoms with E-state index in [4.69, 9.17) is 0 Å². The molecule has 21 heavy (non-hydrogen) atoms. The summed E-state index contributed by atoms with van der Waals surface area (Å²) >= 11 is 0. The molecule has 2 heteroatoms. The molecule has 2 atom stereocenters. The normalized spacial score (nSPS) is 24.4. The molecule has 2 nitrogen and oxygen atoms in total. The highest BCUT2D eigenvalue weighted by atomic mass is 16.1. The van der Waals surface area contributed by atoms with Gasteiger partial charge in [-0.25, -0.2) is 0 Å². The molecular weight excluding hydrogens is 258 g/mol. The average molecular weight is 277 g/mol. The number of hydrogen-bond acceptors (Lipinski definition) is 2. The summed E-state index contributed by atoms with van der Waals surface area (Å²) < 4.78 is 0. The monoisotopic (exact) mass is 277 g/mol. The minimum absolute atomic E-state index is 0.306. The highest BCUT2D eigenvalue weighted by molar-refractivity contribution is 6.03. The molecule has 0 N–H and O–H groups in total. The maximum absolute atomic E-state index is 12.4. The maximum Gasteiger partial charge on any atom is 0.167 e. The molecule has 0 amide bonds. The predicted molar refractivity (Wildman–Crippen MR) is 84.9 cm³/mol. The van der Waals surface area contributed by atoms with Crippen LogP contribution in [-0.2, 0) is 0 Å². The molecule has 1 saturated heterocycles. The van der Waals surface area contributed by atoms with Gasteiger partial charge in [0.15, 0.2) is 5.78 Å². The third kappa shape index (κ3) is 2.15. The van der Waals surface area contributed by atoms with Gasteiger partial charge in [0.1, 0.15) is 0 Å². The van der Waals surface area contributed by atoms with Crippen molar-refractivity contribution in [2.75, 3.05) is 11.4 Å². The van der Waals surface area contributed by atoms with Crippen LogP contribution in [-0.4, -0.2) is 18.4 Å². The first kappa shape index (κ1) is 12.6. The number of piperidine rings is 1. The van der Waals surface area contributed by atoms with Crippen molar-refractivity contribution in [3.63, 3.8) is 0 Å². The lowest BCUT2D eigenvalue weighted by Crippen LogP contribution is -2.46. The van der Waals surface area contributed by atoms with E-state index in [-0.39, 0.29) is 0 Å². The van der Waals surface area contributed by atoms with Crippen molar-refractivity contribution in [1.29, 1.82) is 0 Å². The van der Waals surface area contributed by atoms with E-state index >= 15 is 0 Å². The molecule has 4 rings (SSSR count). The second kappa shape index (κ2) is 5.03. The fraction of sp³-hybridized carbons (Fsp3) is 0.316. The summed E-state index contributed by atoms with van der Waals surface area (Å²) in [5.74, 6) is 0.895. The summed E-state index contributed by atoms with van der Waals surface area (Å²) in [6, 6.07) is 19.2. The van der Waals surface area contributed by atoms with E-state index in [0.29, 0.717) is 24.2 Å². The van der Waals surface area contributed by atoms with Gasteiger partial charge in [-0.15, -0.1) is 0 Å². The number of Topliss-reactive ketones (excluding diaryl/α,β-unsaturated/α-hetero) is 1. The smallest absolute Gasteiger partial charge is 0.167 e. The largest absolute Gasteiger partial charge is 0.367 e. The topological polar surface area (TPSA) is 20.3 Å². The SMILES string of the molecule is O=C1C[C@H]2C[C@@H](c3ccccc3)CCN2c2ccccc21. The third-order valence-corrected chi connectivity index (χ3v) is 4.92. The fourth-order valence-corrected chi connectivity index (χ4v) is 3.87. The molecule has 2 heterocycles. The van der Waals surface area contributed by atoms with Crippen LogP contribution in [0.2, 0.25) is 0 Å². The molecule has 2 aromatic carbocycles. The number of hydrogen-bond donors (Lipinski definition) is 0. The summed E-state index contributed by atoms with van der Waals surface area (Å²) in [5, 5.41) is 0. The number of ketones is 1. The number of anilines is 1. The molecule has 1 fully saturated rings. The van der Waals surface area contributed by atoms with Crippen LogP contribution < -0.4 is 4.90 Å². The van der Waals surface area contributed by atoms with Crippen molar-refractivity contribution in [2.45, 2.75) is 31.2 Å². The molecule has 2 aromatic rings. The van der Waals surface area contributed by atoms with Crippen LogP contribution in [0.3, 0.4) is 0 Å². The first-order chi connectivity index (χ1) is 10.3. The minimum Gasteiger partial charge on any atom is -0.367 e. The van der Waals surface area contributed by atoms with Crippen LogP contribution in [0.25, 0.3) is 0 Å². The number of carbonyl (C=O) groups is 1. The lowest BCUT2D eigenvalue weighted by molar-refractivity contribution is 0.0959. The highest BCUT2D eigenvalue weighted by Gasteiger charge is 2.36. The number of benzene rings is 2. The minimum atomic E-state index is 0.306. The van der Waals surface area contributed by atoms with Crippen molar-refractivity contribution in [3.8, 4) is 0 Å². The summed E-state index contributed by atoms with van der Waals surface area (Å²) in [6.45, 7) is 1.05. The third-order valence-electron chi connectivity index (χ3n) is 4.92. The Morgan fingerprint density at radius 1 is 0.952 bits per heavy atom. The zero-order valence-electron chi connectivity index (χ0n) is 12.0. The number of fused-ring (bicyclic) bond motifs is 3. The van der Waals surface area contributed by atoms with E-state index in [1.165, 1.54) is 12.0 Å². The molecule has 0 saturated carbocycles. The Kier molecular flexibility index (Phi) is 3.03. The molecule has 0 aliphatic carbocycles. The summed E-state index contributed by atoms with van der Waals surface area (Å²) in [6.07, 6.45) is 2.92. The molecular formula is C19H19NO. The molecule has 0 unspecified atom stereocenters. The standard InChI is InChI=1S/C19H19NO/c21-19-13-16-12-15(14-6-2-1-3-7-14)10-11-20(16)18-9-5-4-8-17(18)19/h1-9,15-16H,10-13H2/t15-,16+/m0/s1. The molecule has 0 radical (unpaired) electrons. The van der Waals surface area contributed by atoms with Crippen molar-refractivity contribution in [2.24, 2.45) is 0 Å². The van der Waals surface area contributed by atoms with Crippen LogP contribution in [0.4, 0.5) is 5.69 Å². The molecule has 0 bridgehead atoms. The Morgan fingerprint density at radius 3 is 2.57 bits per heavy atom. The van der Waals surface area contributed by atoms with Gasteiger partial charge in [-0.1, -0.05) is 42.5 Å². The quantitative estimate of drug-likeness (QED) is 0.784. The zero-order valence-corrected chi connectivity index (χ0v) is 12.0. The van der Waals surface area contributed by atoms with E-state index in [1.54, 1.807) is 0 Å². The summed E-state index contributed by atoms with van der Waals surface area (Å²) in [4.78, 5) is 14.8. The molecule has 106 valence electrons. The van der Waals surface area contributed by atoms with Crippen LogP contribution in [0.1, 0.15) is 41.1 Å². The predicted octanol–water partition coefficient (Wildman–Crippen LogP) is 4.03. The second-order valence-corrected chi connectivity index (χ2v) is 6.12. The Bertz CT molecular complexity index is 664. The van der Waals surface area contributed by atoms with Gasteiger partial charge in [0.2, 0.25) is 0 Å². The van der Waals surface area contributed by atoms with Crippen LogP contribution in [0.15, 0.2) is 54.6 Å². The van der Waals surface area contributed by atoms with Gasteiger partial charge in [0.05, 0.1) is 0 Å². The van der Waals surface area contributed by atoms with E-state index in [0.717, 1.165) is 24.2 Å². The van der Waals surface area contributed by atoms with Gasteiger partial charge in [-0.05, 0) is 36.5 Å². The first-order valence-electron chi connectivity index (χ1n) is 7.77. The molecule has 2 aliphatic rings. The van der Waals surface area contributed by atoms with Crippen molar-refractivity contribution < 1.29 is 4.79 Å². The Hall–Kier alpha value is -2.09. The van der Waals surface area contributed by atoms with Gasteiger partial charge >= 0.3 is 0 Å². The lowest BCUT2D eigenvalue weighted by Gasteiger charge is -2.44. The number of rotatable bonds is 1. The van der Waals surface area contributed by atoms with Gasteiger partial charge in [-0.3, -0.25) is 4.79 Å². The van der Waals surface area contributed by atoms with Crippen LogP contribution >= 0.6 is 0 Å². The second-order valence-electron chi connectivity index (χ2n) is 6.12. The molecule has 0 spiro atoms. The van der Waals surface area contributed by atoms with Gasteiger partial charge in [0, 0.05) is 30.3 Å². The van der Waals surface area contributed by atoms with E-state index in [2.05, 4.69) is 41.3 Å². The lowest BCUT2D eigenvalue weighted by atomic mass is 9.80. The van der Waals surface area contributed by atoms with Gasteiger partial charge in [-0.2, -0.15) is 0 Å². The van der Waals surface area contributed by atoms with Crippen molar-refractivity contribution in [3.05, 3.63) is 65.7 Å². The first-order valence-corrected chi connectivity index (χ1v) is 7.77. The number of para-hydroxylation sites is 1. The van der Waals surface area contributed by atoms with E-state index in [9.17, 15) is 4.79 Å². The highest BCUT2D eigenvalue weighted by Crippen LogP contribution is 2.40. The van der Waals surface area contributed by atoms with Crippen LogP contribution in [0.5, 0.6) is 0 Å². The Morgan fingerprint density at radius 2 is 1.71 bits per heavy atom. The van der Waals surface area contributed by atoms with Gasteiger partial charge < -0.3 is 4.90 Å². The zero-order chi connectivity index (χ0) is 14.2. The van der Waals surface area contributed by atoms with Crippen LogP contribution in [0, 0.1) is 0 Å². The van der Waals surface area contributed by atoms with Gasteiger partial charge in [0.25, 0.3) is 0 Å². The van der Waals surface area contributed by atoms with E-state index in [1.807, 2.05) is 18.2 Å². The van der Waals surface area contributed by atoms with E-state index < -0.39 is 0 Å². The number of carbonyl (C=O) groups excluding carboxylic acids is 1.